The van der Waals surface area contributed by atoms with E-state index in [1.165, 1.54) is 18.2 Å². The number of carbonyl (C=O) groups excluding carboxylic acids is 1. The summed E-state index contributed by atoms with van der Waals surface area (Å²) in [5.41, 5.74) is 0.649. The number of carboxylic acid groups (broad SMARTS) is 1. The summed E-state index contributed by atoms with van der Waals surface area (Å²) in [5.74, 6) is -0.559. The van der Waals surface area contributed by atoms with Gasteiger partial charge in [-0.1, -0.05) is 13.8 Å². The minimum absolute atomic E-state index is 0.148. The highest BCUT2D eigenvalue weighted by Crippen LogP contribution is 2.23. The average Bonchev–Trinajstić information content (AvgIpc) is 2.40. The van der Waals surface area contributed by atoms with Crippen LogP contribution in [0, 0.1) is 5.92 Å². The third-order valence-corrected chi connectivity index (χ3v) is 3.10. The number of ether oxygens (including phenoxy) is 1. The Kier molecular flexibility index (Phi) is 7.18. The van der Waals surface area contributed by atoms with E-state index in [0.717, 1.165) is 0 Å². The van der Waals surface area contributed by atoms with E-state index >= 15 is 0 Å². The zero-order valence-electron chi connectivity index (χ0n) is 12.0. The SMILES string of the molecule is CC(C)COCCNC(=O)Nc1ccc(C(=O)O)cc1Br. The van der Waals surface area contributed by atoms with Gasteiger partial charge in [-0.25, -0.2) is 9.59 Å². The molecular formula is C14H19BrN2O4. The van der Waals surface area contributed by atoms with Gasteiger partial charge in [-0.2, -0.15) is 0 Å². The highest BCUT2D eigenvalue weighted by atomic mass is 79.9. The molecule has 3 N–H and O–H groups in total. The maximum absolute atomic E-state index is 11.7. The number of carbonyl (C=O) groups is 2. The Balaban J connectivity index is 2.39. The molecule has 116 valence electrons. The molecule has 0 fully saturated rings. The van der Waals surface area contributed by atoms with Gasteiger partial charge in [0.15, 0.2) is 0 Å². The molecule has 0 radical (unpaired) electrons. The average molecular weight is 359 g/mol. The van der Waals surface area contributed by atoms with E-state index in [0.29, 0.717) is 35.8 Å². The Hall–Kier alpha value is -1.60. The number of halogens is 1. The molecule has 0 atom stereocenters. The largest absolute Gasteiger partial charge is 0.478 e. The molecule has 0 bridgehead atoms. The third-order valence-electron chi connectivity index (χ3n) is 2.45. The fourth-order valence-corrected chi connectivity index (χ4v) is 1.95. The van der Waals surface area contributed by atoms with Crippen LogP contribution in [0.25, 0.3) is 0 Å². The van der Waals surface area contributed by atoms with Crippen molar-refractivity contribution in [3.8, 4) is 0 Å². The molecule has 0 unspecified atom stereocenters. The zero-order valence-corrected chi connectivity index (χ0v) is 13.6. The second-order valence-corrected chi connectivity index (χ2v) is 5.70. The first kappa shape index (κ1) is 17.5. The van der Waals surface area contributed by atoms with Gasteiger partial charge in [0.05, 0.1) is 17.9 Å². The van der Waals surface area contributed by atoms with Gasteiger partial charge in [0, 0.05) is 17.6 Å². The van der Waals surface area contributed by atoms with Gasteiger partial charge in [0.25, 0.3) is 0 Å². The second-order valence-electron chi connectivity index (χ2n) is 4.85. The van der Waals surface area contributed by atoms with Crippen LogP contribution >= 0.6 is 15.9 Å². The van der Waals surface area contributed by atoms with Crippen molar-refractivity contribution in [2.45, 2.75) is 13.8 Å². The van der Waals surface area contributed by atoms with E-state index in [-0.39, 0.29) is 11.6 Å². The van der Waals surface area contributed by atoms with Crippen LogP contribution in [-0.4, -0.2) is 36.9 Å². The first-order valence-corrected chi connectivity index (χ1v) is 7.35. The zero-order chi connectivity index (χ0) is 15.8. The van der Waals surface area contributed by atoms with Gasteiger partial charge in [-0.15, -0.1) is 0 Å². The first-order chi connectivity index (χ1) is 9.90. The maximum atomic E-state index is 11.7. The Morgan fingerprint density at radius 1 is 1.38 bits per heavy atom. The van der Waals surface area contributed by atoms with Crippen LogP contribution in [0.2, 0.25) is 0 Å². The number of benzene rings is 1. The monoisotopic (exact) mass is 358 g/mol. The van der Waals surface area contributed by atoms with Crippen LogP contribution in [-0.2, 0) is 4.74 Å². The molecule has 0 heterocycles. The topological polar surface area (TPSA) is 87.7 Å². The molecule has 1 aromatic carbocycles. The van der Waals surface area contributed by atoms with Gasteiger partial charge in [0.1, 0.15) is 0 Å². The van der Waals surface area contributed by atoms with Crippen molar-refractivity contribution in [2.24, 2.45) is 5.92 Å². The lowest BCUT2D eigenvalue weighted by Gasteiger charge is -2.10. The van der Waals surface area contributed by atoms with Crippen LogP contribution in [0.5, 0.6) is 0 Å². The minimum Gasteiger partial charge on any atom is -0.478 e. The molecule has 0 aliphatic carbocycles. The highest BCUT2D eigenvalue weighted by Gasteiger charge is 2.09. The summed E-state index contributed by atoms with van der Waals surface area (Å²) in [6, 6.07) is 4.02. The number of aromatic carboxylic acids is 1. The van der Waals surface area contributed by atoms with Crippen LogP contribution in [0.15, 0.2) is 22.7 Å². The van der Waals surface area contributed by atoms with E-state index in [4.69, 9.17) is 9.84 Å². The quantitative estimate of drug-likeness (QED) is 0.654. The smallest absolute Gasteiger partial charge is 0.335 e. The molecule has 2 amide bonds. The highest BCUT2D eigenvalue weighted by molar-refractivity contribution is 9.10. The first-order valence-electron chi connectivity index (χ1n) is 6.55. The number of urea groups is 1. The van der Waals surface area contributed by atoms with Crippen molar-refractivity contribution in [3.05, 3.63) is 28.2 Å². The summed E-state index contributed by atoms with van der Waals surface area (Å²) in [4.78, 5) is 22.5. The van der Waals surface area contributed by atoms with Gasteiger partial charge in [0.2, 0.25) is 0 Å². The normalized spacial score (nSPS) is 10.5. The number of hydrogen-bond acceptors (Lipinski definition) is 3. The molecule has 1 aromatic rings. The van der Waals surface area contributed by atoms with E-state index in [9.17, 15) is 9.59 Å². The molecule has 7 heteroatoms. The van der Waals surface area contributed by atoms with E-state index in [1.807, 2.05) is 0 Å². The Morgan fingerprint density at radius 3 is 2.67 bits per heavy atom. The predicted molar refractivity (Wildman–Crippen MR) is 83.8 cm³/mol. The lowest BCUT2D eigenvalue weighted by molar-refractivity contribution is 0.0697. The standard InChI is InChI=1S/C14H19BrN2O4/c1-9(2)8-21-6-5-16-14(20)17-12-4-3-10(13(18)19)7-11(12)15/h3-4,7,9H,5-6,8H2,1-2H3,(H,18,19)(H2,16,17,20). The van der Waals surface area contributed by atoms with Crippen molar-refractivity contribution in [1.29, 1.82) is 0 Å². The van der Waals surface area contributed by atoms with Gasteiger partial charge in [-0.05, 0) is 40.0 Å². The number of hydrogen-bond donors (Lipinski definition) is 3. The summed E-state index contributed by atoms with van der Waals surface area (Å²) >= 11 is 3.22. The van der Waals surface area contributed by atoms with Crippen molar-refractivity contribution >= 4 is 33.6 Å². The molecule has 0 aliphatic rings. The molecule has 0 aromatic heterocycles. The summed E-state index contributed by atoms with van der Waals surface area (Å²) < 4.78 is 5.85. The summed E-state index contributed by atoms with van der Waals surface area (Å²) in [7, 11) is 0. The van der Waals surface area contributed by atoms with Crippen molar-refractivity contribution in [3.63, 3.8) is 0 Å². The third kappa shape index (κ3) is 6.59. The fourth-order valence-electron chi connectivity index (χ4n) is 1.47. The molecule has 1 rings (SSSR count). The summed E-state index contributed by atoms with van der Waals surface area (Å²) in [5, 5.41) is 14.1. The number of carboxylic acids is 1. The second kappa shape index (κ2) is 8.63. The van der Waals surface area contributed by atoms with Crippen LogP contribution in [0.4, 0.5) is 10.5 Å². The lowest BCUT2D eigenvalue weighted by atomic mass is 10.2. The van der Waals surface area contributed by atoms with E-state index in [1.54, 1.807) is 0 Å². The van der Waals surface area contributed by atoms with Crippen molar-refractivity contribution in [1.82, 2.24) is 5.32 Å². The maximum Gasteiger partial charge on any atom is 0.335 e. The van der Waals surface area contributed by atoms with Crippen LogP contribution in [0.1, 0.15) is 24.2 Å². The Bertz CT molecular complexity index is 506. The molecular weight excluding hydrogens is 340 g/mol. The van der Waals surface area contributed by atoms with Crippen molar-refractivity contribution in [2.75, 3.05) is 25.1 Å². The molecule has 6 nitrogen and oxygen atoms in total. The van der Waals surface area contributed by atoms with Gasteiger partial charge in [-0.3, -0.25) is 0 Å². The summed E-state index contributed by atoms with van der Waals surface area (Å²) in [6.07, 6.45) is 0. The van der Waals surface area contributed by atoms with Gasteiger partial charge < -0.3 is 20.5 Å². The molecule has 0 saturated carbocycles. The van der Waals surface area contributed by atoms with Crippen LogP contribution in [0.3, 0.4) is 0 Å². The van der Waals surface area contributed by atoms with Crippen LogP contribution < -0.4 is 10.6 Å². The Morgan fingerprint density at radius 2 is 2.10 bits per heavy atom. The molecule has 0 saturated heterocycles. The molecule has 0 spiro atoms. The summed E-state index contributed by atoms with van der Waals surface area (Å²) in [6.45, 7) is 5.62. The van der Waals surface area contributed by atoms with Crippen molar-refractivity contribution < 1.29 is 19.4 Å². The van der Waals surface area contributed by atoms with E-state index < -0.39 is 5.97 Å². The van der Waals surface area contributed by atoms with Gasteiger partial charge >= 0.3 is 12.0 Å². The molecule has 0 aliphatic heterocycles. The predicted octanol–water partition coefficient (Wildman–Crippen LogP) is 2.94. The number of nitrogens with one attached hydrogen (secondary N) is 2. The number of rotatable bonds is 7. The molecule has 21 heavy (non-hydrogen) atoms. The fraction of sp³-hybridized carbons (Fsp3) is 0.429. The number of amides is 2. The Labute approximate surface area is 132 Å². The van der Waals surface area contributed by atoms with E-state index in [2.05, 4.69) is 40.4 Å². The lowest BCUT2D eigenvalue weighted by Crippen LogP contribution is -2.32. The minimum atomic E-state index is -1.02. The number of anilines is 1.